The van der Waals surface area contributed by atoms with Crippen molar-refractivity contribution in [3.63, 3.8) is 0 Å². The molecule has 1 aromatic carbocycles. The van der Waals surface area contributed by atoms with Crippen molar-refractivity contribution < 1.29 is 22.7 Å². The number of carbonyl (C=O) groups is 2. The topological polar surface area (TPSA) is 84.0 Å². The lowest BCUT2D eigenvalue weighted by molar-refractivity contribution is -0.126. The van der Waals surface area contributed by atoms with Crippen molar-refractivity contribution in [3.05, 3.63) is 23.2 Å². The van der Waals surface area contributed by atoms with Crippen LogP contribution in [0.25, 0.3) is 0 Å². The van der Waals surface area contributed by atoms with Crippen molar-refractivity contribution in [3.8, 4) is 5.75 Å². The van der Waals surface area contributed by atoms with Crippen LogP contribution in [0.5, 0.6) is 5.75 Å². The number of carbonyl (C=O) groups excluding carboxylic acids is 2. The van der Waals surface area contributed by atoms with E-state index in [0.717, 1.165) is 11.8 Å². The number of halogens is 1. The van der Waals surface area contributed by atoms with E-state index in [0.29, 0.717) is 12.2 Å². The molecule has 2 fully saturated rings. The fourth-order valence-electron chi connectivity index (χ4n) is 2.81. The minimum Gasteiger partial charge on any atom is -0.495 e. The van der Waals surface area contributed by atoms with Crippen molar-refractivity contribution in [2.45, 2.75) is 17.4 Å². The van der Waals surface area contributed by atoms with Gasteiger partial charge in [-0.05, 0) is 24.6 Å². The zero-order valence-corrected chi connectivity index (χ0v) is 15.2. The molecular weight excluding hydrogens is 376 g/mol. The smallest absolute Gasteiger partial charge is 0.289 e. The zero-order chi connectivity index (χ0) is 17.5. The minimum absolute atomic E-state index is 0.0578. The Kier molecular flexibility index (Phi) is 4.78. The molecule has 1 atom stereocenters. The molecule has 2 heterocycles. The van der Waals surface area contributed by atoms with E-state index in [1.807, 2.05) is 0 Å². The van der Waals surface area contributed by atoms with Gasteiger partial charge >= 0.3 is 0 Å². The van der Waals surface area contributed by atoms with Crippen LogP contribution >= 0.6 is 23.4 Å². The summed E-state index contributed by atoms with van der Waals surface area (Å²) in [6.07, 6.45) is 0.432. The second-order valence-electron chi connectivity index (χ2n) is 5.42. The molecule has 1 unspecified atom stereocenters. The summed E-state index contributed by atoms with van der Waals surface area (Å²) in [6.45, 7) is 0.350. The summed E-state index contributed by atoms with van der Waals surface area (Å²) >= 11 is 6.95. The van der Waals surface area contributed by atoms with Crippen LogP contribution in [0.2, 0.25) is 5.02 Å². The third kappa shape index (κ3) is 3.01. The number of imide groups is 1. The van der Waals surface area contributed by atoms with Crippen LogP contribution in [-0.4, -0.2) is 60.8 Å². The molecule has 2 aliphatic heterocycles. The van der Waals surface area contributed by atoms with Crippen molar-refractivity contribution in [2.75, 3.05) is 26.0 Å². The predicted octanol–water partition coefficient (Wildman–Crippen LogP) is 1.81. The van der Waals surface area contributed by atoms with Gasteiger partial charge in [-0.15, -0.1) is 0 Å². The number of benzene rings is 1. The molecule has 0 N–H and O–H groups in total. The maximum atomic E-state index is 12.7. The average Bonchev–Trinajstić information content (AvgIpc) is 3.14. The number of hydrogen-bond donors (Lipinski definition) is 0. The number of methoxy groups -OCH3 is 1. The van der Waals surface area contributed by atoms with E-state index in [4.69, 9.17) is 16.3 Å². The lowest BCUT2D eigenvalue weighted by atomic mass is 10.2. The van der Waals surface area contributed by atoms with Crippen LogP contribution < -0.4 is 4.74 Å². The Morgan fingerprint density at radius 3 is 2.67 bits per heavy atom. The van der Waals surface area contributed by atoms with Gasteiger partial charge in [0.2, 0.25) is 15.9 Å². The molecule has 0 radical (unpaired) electrons. The summed E-state index contributed by atoms with van der Waals surface area (Å²) < 4.78 is 31.8. The highest BCUT2D eigenvalue weighted by atomic mass is 35.5. The first-order valence-corrected chi connectivity index (χ1v) is 9.97. The summed E-state index contributed by atoms with van der Waals surface area (Å²) in [6, 6.07) is 3.84. The fourth-order valence-corrected chi connectivity index (χ4v) is 5.43. The van der Waals surface area contributed by atoms with Crippen LogP contribution in [-0.2, 0) is 14.8 Å². The summed E-state index contributed by atoms with van der Waals surface area (Å²) in [5.74, 6) is 0.248. The molecule has 130 valence electrons. The molecule has 0 bridgehead atoms. The Bertz CT molecular complexity index is 782. The molecule has 3 rings (SSSR count). The first-order chi connectivity index (χ1) is 11.3. The van der Waals surface area contributed by atoms with Crippen molar-refractivity contribution in [1.29, 1.82) is 0 Å². The highest BCUT2D eigenvalue weighted by molar-refractivity contribution is 8.14. The molecule has 1 aromatic rings. The van der Waals surface area contributed by atoms with E-state index in [9.17, 15) is 18.0 Å². The van der Waals surface area contributed by atoms with E-state index >= 15 is 0 Å². The minimum atomic E-state index is -3.75. The fraction of sp³-hybridized carbons (Fsp3) is 0.429. The quantitative estimate of drug-likeness (QED) is 0.779. The highest BCUT2D eigenvalue weighted by Gasteiger charge is 2.42. The first kappa shape index (κ1) is 17.5. The van der Waals surface area contributed by atoms with Gasteiger partial charge in [-0.25, -0.2) is 8.42 Å². The van der Waals surface area contributed by atoms with Gasteiger partial charge in [0, 0.05) is 13.1 Å². The normalized spacial score (nSPS) is 22.4. The van der Waals surface area contributed by atoms with Gasteiger partial charge in [-0.1, -0.05) is 23.4 Å². The number of nitrogens with zero attached hydrogens (tertiary/aromatic N) is 2. The van der Waals surface area contributed by atoms with Crippen molar-refractivity contribution >= 4 is 44.5 Å². The molecule has 7 nitrogen and oxygen atoms in total. The van der Waals surface area contributed by atoms with Gasteiger partial charge in [0.1, 0.15) is 5.75 Å². The van der Waals surface area contributed by atoms with Crippen LogP contribution in [0.4, 0.5) is 4.79 Å². The van der Waals surface area contributed by atoms with Crippen LogP contribution in [0.1, 0.15) is 6.42 Å². The maximum Gasteiger partial charge on any atom is 0.289 e. The number of rotatable bonds is 4. The van der Waals surface area contributed by atoms with E-state index in [2.05, 4.69) is 0 Å². The van der Waals surface area contributed by atoms with Crippen LogP contribution in [0, 0.1) is 0 Å². The molecule has 2 aliphatic rings. The standard InChI is InChI=1S/C14H15ClN2O5S2/c1-22-12-3-2-10(6-11(12)15)24(20,21)16-5-4-9(7-16)17-13(18)8-23-14(17)19/h2-3,6,9H,4-5,7-8H2,1H3. The molecule has 24 heavy (non-hydrogen) atoms. The summed E-state index contributed by atoms with van der Waals surface area (Å²) in [7, 11) is -2.30. The molecular formula is C14H15ClN2O5S2. The SMILES string of the molecule is COc1ccc(S(=O)(=O)N2CCC(N3C(=O)CSC3=O)C2)cc1Cl. The van der Waals surface area contributed by atoms with Gasteiger partial charge in [0.05, 0.1) is 28.8 Å². The molecule has 2 amide bonds. The summed E-state index contributed by atoms with van der Waals surface area (Å²) in [5.41, 5.74) is 0. The maximum absolute atomic E-state index is 12.7. The Morgan fingerprint density at radius 1 is 1.33 bits per heavy atom. The lowest BCUT2D eigenvalue weighted by Crippen LogP contribution is -2.41. The number of amides is 2. The van der Waals surface area contributed by atoms with Gasteiger partial charge < -0.3 is 4.74 Å². The largest absolute Gasteiger partial charge is 0.495 e. The van der Waals surface area contributed by atoms with Crippen molar-refractivity contribution in [1.82, 2.24) is 9.21 Å². The second kappa shape index (κ2) is 6.55. The third-order valence-corrected chi connectivity index (χ3v) is 7.03. The summed E-state index contributed by atoms with van der Waals surface area (Å²) in [5, 5.41) is -0.104. The van der Waals surface area contributed by atoms with Gasteiger partial charge in [0.15, 0.2) is 0 Å². The van der Waals surface area contributed by atoms with Gasteiger partial charge in [0.25, 0.3) is 5.24 Å². The van der Waals surface area contributed by atoms with E-state index in [-0.39, 0.29) is 39.9 Å². The number of hydrogen-bond acceptors (Lipinski definition) is 6. The van der Waals surface area contributed by atoms with E-state index in [1.165, 1.54) is 34.5 Å². The molecule has 0 saturated carbocycles. The molecule has 10 heteroatoms. The molecule has 0 aromatic heterocycles. The number of thioether (sulfide) groups is 1. The monoisotopic (exact) mass is 390 g/mol. The number of sulfonamides is 1. The molecule has 0 spiro atoms. The van der Waals surface area contributed by atoms with Crippen LogP contribution in [0.15, 0.2) is 23.1 Å². The molecule has 0 aliphatic carbocycles. The average molecular weight is 391 g/mol. The van der Waals surface area contributed by atoms with Crippen molar-refractivity contribution in [2.24, 2.45) is 0 Å². The number of ether oxygens (including phenoxy) is 1. The molecule has 2 saturated heterocycles. The van der Waals surface area contributed by atoms with Gasteiger partial charge in [-0.3, -0.25) is 14.5 Å². The van der Waals surface area contributed by atoms with Gasteiger partial charge in [-0.2, -0.15) is 4.31 Å². The van der Waals surface area contributed by atoms with E-state index in [1.54, 1.807) is 0 Å². The van der Waals surface area contributed by atoms with E-state index < -0.39 is 16.1 Å². The zero-order valence-electron chi connectivity index (χ0n) is 12.8. The summed E-state index contributed by atoms with van der Waals surface area (Å²) in [4.78, 5) is 24.8. The Hall–Kier alpha value is -1.29. The second-order valence-corrected chi connectivity index (χ2v) is 8.69. The Balaban J connectivity index is 1.80. The predicted molar refractivity (Wildman–Crippen MR) is 89.9 cm³/mol. The Morgan fingerprint density at radius 2 is 2.08 bits per heavy atom. The Labute approximate surface area is 148 Å². The highest BCUT2D eigenvalue weighted by Crippen LogP contribution is 2.32. The first-order valence-electron chi connectivity index (χ1n) is 7.17. The van der Waals surface area contributed by atoms with Crippen LogP contribution in [0.3, 0.4) is 0 Å². The third-order valence-electron chi connectivity index (χ3n) is 4.04. The lowest BCUT2D eigenvalue weighted by Gasteiger charge is -2.22.